The first-order valence-corrected chi connectivity index (χ1v) is 7.00. The molecule has 0 aliphatic carbocycles. The minimum absolute atomic E-state index is 0. The number of nitrogens with zero attached hydrogens (tertiary/aromatic N) is 3. The first kappa shape index (κ1) is 22.0. The third-order valence-electron chi connectivity index (χ3n) is 2.79. The summed E-state index contributed by atoms with van der Waals surface area (Å²) in [5.74, 6) is 0.779. The molecular formula is C13H24F2IN5O2. The third-order valence-corrected chi connectivity index (χ3v) is 2.79. The second-order valence-corrected chi connectivity index (χ2v) is 4.34. The van der Waals surface area contributed by atoms with Gasteiger partial charge in [-0.3, -0.25) is 9.56 Å². The molecule has 2 N–H and O–H groups in total. The van der Waals surface area contributed by atoms with Crippen molar-refractivity contribution in [3.8, 4) is 0 Å². The number of aliphatic imine (C=N–C) groups is 1. The van der Waals surface area contributed by atoms with Crippen molar-refractivity contribution in [2.24, 2.45) is 4.99 Å². The average molecular weight is 447 g/mol. The van der Waals surface area contributed by atoms with Crippen LogP contribution in [0.15, 0.2) is 17.4 Å². The highest BCUT2D eigenvalue weighted by Gasteiger charge is 2.11. The number of ether oxygens (including phenoxy) is 2. The first-order valence-electron chi connectivity index (χ1n) is 7.00. The van der Waals surface area contributed by atoms with Crippen LogP contribution in [-0.4, -0.2) is 56.0 Å². The lowest BCUT2D eigenvalue weighted by molar-refractivity contribution is 0.0668. The largest absolute Gasteiger partial charge is 0.382 e. The molecular weight excluding hydrogens is 423 g/mol. The molecule has 0 saturated heterocycles. The normalized spacial score (nSPS) is 11.4. The fourth-order valence-electron chi connectivity index (χ4n) is 1.67. The fraction of sp³-hybridized carbons (Fsp3) is 0.692. The van der Waals surface area contributed by atoms with E-state index in [-0.39, 0.29) is 36.3 Å². The second kappa shape index (κ2) is 13.4. The maximum atomic E-state index is 12.7. The van der Waals surface area contributed by atoms with Crippen LogP contribution in [0, 0.1) is 0 Å². The number of guanidine groups is 1. The maximum absolute atomic E-state index is 12.7. The van der Waals surface area contributed by atoms with E-state index in [1.807, 2.05) is 0 Å². The second-order valence-electron chi connectivity index (χ2n) is 4.34. The fourth-order valence-corrected chi connectivity index (χ4v) is 1.67. The Labute approximate surface area is 151 Å². The average Bonchev–Trinajstić information content (AvgIpc) is 2.98. The van der Waals surface area contributed by atoms with Gasteiger partial charge in [-0.2, -0.15) is 8.78 Å². The van der Waals surface area contributed by atoms with Crippen LogP contribution in [0.4, 0.5) is 8.78 Å². The summed E-state index contributed by atoms with van der Waals surface area (Å²) in [6, 6.07) is 0. The summed E-state index contributed by atoms with van der Waals surface area (Å²) in [5.41, 5.74) is 0. The van der Waals surface area contributed by atoms with Gasteiger partial charge < -0.3 is 20.1 Å². The zero-order chi connectivity index (χ0) is 16.2. The van der Waals surface area contributed by atoms with Crippen molar-refractivity contribution in [2.45, 2.75) is 19.5 Å². The molecule has 1 aromatic heterocycles. The number of rotatable bonds is 10. The third kappa shape index (κ3) is 9.01. The standard InChI is InChI=1S/C13H23F2N5O2.HI/c1-16-13(18-4-3-7-22-9-8-21-2)19-10-11-17-5-6-20(11)12(14)15;/h5-6,12H,3-4,7-10H2,1-2H3,(H2,16,18,19);1H. The number of nitrogens with one attached hydrogen (secondary N) is 2. The molecule has 0 fully saturated rings. The van der Waals surface area contributed by atoms with Crippen LogP contribution in [0.5, 0.6) is 0 Å². The van der Waals surface area contributed by atoms with Crippen molar-refractivity contribution < 1.29 is 18.3 Å². The van der Waals surface area contributed by atoms with Crippen LogP contribution in [0.2, 0.25) is 0 Å². The Bertz CT molecular complexity index is 446. The lowest BCUT2D eigenvalue weighted by Crippen LogP contribution is -2.38. The Morgan fingerprint density at radius 3 is 2.78 bits per heavy atom. The molecule has 0 saturated carbocycles. The number of halogens is 3. The minimum Gasteiger partial charge on any atom is -0.382 e. The van der Waals surface area contributed by atoms with E-state index < -0.39 is 6.55 Å². The van der Waals surface area contributed by atoms with E-state index in [0.717, 1.165) is 11.0 Å². The molecule has 7 nitrogen and oxygen atoms in total. The van der Waals surface area contributed by atoms with Crippen LogP contribution in [0.25, 0.3) is 0 Å². The van der Waals surface area contributed by atoms with E-state index >= 15 is 0 Å². The topological polar surface area (TPSA) is 72.7 Å². The molecule has 1 aromatic rings. The Kier molecular flexibility index (Phi) is 12.8. The maximum Gasteiger partial charge on any atom is 0.319 e. The summed E-state index contributed by atoms with van der Waals surface area (Å²) in [6.45, 7) is -0.00768. The van der Waals surface area contributed by atoms with Gasteiger partial charge in [0.1, 0.15) is 5.82 Å². The quantitative estimate of drug-likeness (QED) is 0.247. The van der Waals surface area contributed by atoms with Gasteiger partial charge in [0.05, 0.1) is 19.8 Å². The van der Waals surface area contributed by atoms with Crippen LogP contribution in [0.3, 0.4) is 0 Å². The first-order chi connectivity index (χ1) is 10.7. The molecule has 0 aliphatic rings. The molecule has 23 heavy (non-hydrogen) atoms. The Balaban J connectivity index is 0.00000484. The zero-order valence-electron chi connectivity index (χ0n) is 13.3. The molecule has 1 rings (SSSR count). The zero-order valence-corrected chi connectivity index (χ0v) is 15.6. The smallest absolute Gasteiger partial charge is 0.319 e. The van der Waals surface area contributed by atoms with E-state index in [4.69, 9.17) is 9.47 Å². The van der Waals surface area contributed by atoms with Crippen molar-refractivity contribution in [3.63, 3.8) is 0 Å². The summed E-state index contributed by atoms with van der Waals surface area (Å²) < 4.78 is 36.3. The number of hydrogen-bond acceptors (Lipinski definition) is 4. The monoisotopic (exact) mass is 447 g/mol. The van der Waals surface area contributed by atoms with Gasteiger partial charge in [-0.05, 0) is 6.42 Å². The SMILES string of the molecule is CN=C(NCCCOCCOC)NCc1nccn1C(F)F.I. The lowest BCUT2D eigenvalue weighted by Gasteiger charge is -2.12. The molecule has 10 heteroatoms. The highest BCUT2D eigenvalue weighted by Crippen LogP contribution is 2.11. The van der Waals surface area contributed by atoms with Crippen molar-refractivity contribution in [3.05, 3.63) is 18.2 Å². The summed E-state index contributed by atoms with van der Waals surface area (Å²) in [7, 11) is 3.24. The molecule has 0 aromatic carbocycles. The molecule has 0 bridgehead atoms. The van der Waals surface area contributed by atoms with Gasteiger partial charge in [0.2, 0.25) is 0 Å². The summed E-state index contributed by atoms with van der Waals surface area (Å²) in [5, 5.41) is 6.01. The number of aromatic nitrogens is 2. The van der Waals surface area contributed by atoms with Crippen LogP contribution in [-0.2, 0) is 16.0 Å². The van der Waals surface area contributed by atoms with Crippen LogP contribution >= 0.6 is 24.0 Å². The van der Waals surface area contributed by atoms with E-state index in [1.165, 1.54) is 12.4 Å². The predicted octanol–water partition coefficient (Wildman–Crippen LogP) is 1.61. The molecule has 0 atom stereocenters. The summed E-state index contributed by atoms with van der Waals surface area (Å²) in [6.07, 6.45) is 3.39. The van der Waals surface area contributed by atoms with E-state index in [1.54, 1.807) is 14.2 Å². The molecule has 0 radical (unpaired) electrons. The van der Waals surface area contributed by atoms with Gasteiger partial charge >= 0.3 is 6.55 Å². The summed E-state index contributed by atoms with van der Waals surface area (Å²) >= 11 is 0. The highest BCUT2D eigenvalue weighted by atomic mass is 127. The molecule has 0 spiro atoms. The van der Waals surface area contributed by atoms with E-state index in [9.17, 15) is 8.78 Å². The summed E-state index contributed by atoms with van der Waals surface area (Å²) in [4.78, 5) is 7.91. The van der Waals surface area contributed by atoms with Gasteiger partial charge in [-0.1, -0.05) is 0 Å². The number of alkyl halides is 2. The lowest BCUT2D eigenvalue weighted by atomic mass is 10.4. The number of methoxy groups -OCH3 is 1. The van der Waals surface area contributed by atoms with Crippen molar-refractivity contribution >= 4 is 29.9 Å². The Morgan fingerprint density at radius 1 is 1.35 bits per heavy atom. The molecule has 134 valence electrons. The van der Waals surface area contributed by atoms with Gasteiger partial charge in [-0.15, -0.1) is 24.0 Å². The van der Waals surface area contributed by atoms with Gasteiger partial charge in [0, 0.05) is 39.7 Å². The molecule has 0 amide bonds. The molecule has 1 heterocycles. The number of imidazole rings is 1. The van der Waals surface area contributed by atoms with Crippen LogP contribution < -0.4 is 10.6 Å². The van der Waals surface area contributed by atoms with Gasteiger partial charge in [-0.25, -0.2) is 4.98 Å². The minimum atomic E-state index is -2.60. The van der Waals surface area contributed by atoms with E-state index in [2.05, 4.69) is 20.6 Å². The van der Waals surface area contributed by atoms with Gasteiger partial charge in [0.25, 0.3) is 0 Å². The number of hydrogen-bond donors (Lipinski definition) is 2. The Hall–Kier alpha value is -1.01. The van der Waals surface area contributed by atoms with Gasteiger partial charge in [0.15, 0.2) is 5.96 Å². The predicted molar refractivity (Wildman–Crippen MR) is 94.4 cm³/mol. The van der Waals surface area contributed by atoms with Crippen molar-refractivity contribution in [1.82, 2.24) is 20.2 Å². The highest BCUT2D eigenvalue weighted by molar-refractivity contribution is 14.0. The molecule has 0 unspecified atom stereocenters. The van der Waals surface area contributed by atoms with Crippen molar-refractivity contribution in [2.75, 3.05) is 40.5 Å². The Morgan fingerprint density at radius 2 is 2.13 bits per heavy atom. The van der Waals surface area contributed by atoms with E-state index in [0.29, 0.717) is 32.3 Å². The van der Waals surface area contributed by atoms with Crippen LogP contribution in [0.1, 0.15) is 18.8 Å². The molecule has 0 aliphatic heterocycles. The van der Waals surface area contributed by atoms with Crippen molar-refractivity contribution in [1.29, 1.82) is 0 Å².